The van der Waals surface area contributed by atoms with Crippen molar-refractivity contribution in [2.45, 2.75) is 12.5 Å². The van der Waals surface area contributed by atoms with Crippen molar-refractivity contribution in [1.29, 1.82) is 0 Å². The number of hydrogen-bond donors (Lipinski definition) is 0. The third-order valence-electron chi connectivity index (χ3n) is 3.49. The van der Waals surface area contributed by atoms with E-state index in [0.29, 0.717) is 6.61 Å². The molecule has 2 heterocycles. The minimum Gasteiger partial charge on any atom is -0.493 e. The molecule has 1 unspecified atom stereocenters. The number of benzene rings is 1. The van der Waals surface area contributed by atoms with Crippen LogP contribution in [0.2, 0.25) is 0 Å². The molecule has 5 nitrogen and oxygen atoms in total. The first-order chi connectivity index (χ1) is 9.58. The number of rotatable bonds is 2. The van der Waals surface area contributed by atoms with Crippen LogP contribution in [0.15, 0.2) is 40.1 Å². The molecule has 0 amide bonds. The molecular formula is C14H13FN2O3. The zero-order valence-electron chi connectivity index (χ0n) is 10.9. The summed E-state index contributed by atoms with van der Waals surface area (Å²) in [5.74, 6) is -0.309. The molecule has 0 bridgehead atoms. The highest BCUT2D eigenvalue weighted by molar-refractivity contribution is 5.39. The van der Waals surface area contributed by atoms with E-state index in [0.717, 1.165) is 26.6 Å². The molecule has 6 heteroatoms. The molecule has 1 aliphatic rings. The van der Waals surface area contributed by atoms with Gasteiger partial charge in [0, 0.05) is 31.3 Å². The Bertz CT molecular complexity index is 744. The molecule has 0 saturated heterocycles. The van der Waals surface area contributed by atoms with Gasteiger partial charge < -0.3 is 9.30 Å². The SMILES string of the molecule is Cn1cc(F)c(=O)n(CC2COc3ccccc32)c1=O. The molecule has 1 aromatic heterocycles. The van der Waals surface area contributed by atoms with Gasteiger partial charge in [0.1, 0.15) is 5.75 Å². The minimum atomic E-state index is -0.931. The standard InChI is InChI=1S/C14H13FN2O3/c1-16-7-11(15)13(18)17(14(16)19)6-9-8-20-12-5-3-2-4-10(9)12/h2-5,7,9H,6,8H2,1H3. The Balaban J connectivity index is 2.02. The Morgan fingerprint density at radius 1 is 1.35 bits per heavy atom. The quantitative estimate of drug-likeness (QED) is 0.817. The molecule has 0 saturated carbocycles. The van der Waals surface area contributed by atoms with Crippen LogP contribution in [0.5, 0.6) is 5.75 Å². The summed E-state index contributed by atoms with van der Waals surface area (Å²) >= 11 is 0. The van der Waals surface area contributed by atoms with Gasteiger partial charge in [-0.15, -0.1) is 0 Å². The first-order valence-electron chi connectivity index (χ1n) is 6.25. The lowest BCUT2D eigenvalue weighted by atomic mass is 10.0. The van der Waals surface area contributed by atoms with E-state index >= 15 is 0 Å². The van der Waals surface area contributed by atoms with Crippen molar-refractivity contribution >= 4 is 0 Å². The van der Waals surface area contributed by atoms with E-state index in [2.05, 4.69) is 0 Å². The first kappa shape index (κ1) is 12.7. The van der Waals surface area contributed by atoms with E-state index in [-0.39, 0.29) is 12.5 Å². The van der Waals surface area contributed by atoms with Gasteiger partial charge in [-0.3, -0.25) is 9.36 Å². The van der Waals surface area contributed by atoms with Crippen LogP contribution in [0.3, 0.4) is 0 Å². The van der Waals surface area contributed by atoms with Gasteiger partial charge in [-0.25, -0.2) is 4.79 Å². The molecule has 3 rings (SSSR count). The van der Waals surface area contributed by atoms with Crippen LogP contribution in [0.4, 0.5) is 4.39 Å². The fourth-order valence-corrected chi connectivity index (χ4v) is 2.45. The van der Waals surface area contributed by atoms with Crippen LogP contribution in [0.25, 0.3) is 0 Å². The van der Waals surface area contributed by atoms with Crippen LogP contribution in [-0.4, -0.2) is 15.7 Å². The number of hydrogen-bond acceptors (Lipinski definition) is 3. The van der Waals surface area contributed by atoms with Crippen molar-refractivity contribution in [3.05, 3.63) is 62.7 Å². The molecule has 20 heavy (non-hydrogen) atoms. The Hall–Kier alpha value is -2.37. The van der Waals surface area contributed by atoms with Crippen LogP contribution in [-0.2, 0) is 13.6 Å². The Labute approximate surface area is 113 Å². The Morgan fingerprint density at radius 3 is 2.90 bits per heavy atom. The monoisotopic (exact) mass is 276 g/mol. The van der Waals surface area contributed by atoms with Gasteiger partial charge in [0.2, 0.25) is 5.82 Å². The second-order valence-corrected chi connectivity index (χ2v) is 4.83. The lowest BCUT2D eigenvalue weighted by molar-refractivity contribution is 0.314. The van der Waals surface area contributed by atoms with Crippen molar-refractivity contribution < 1.29 is 9.13 Å². The topological polar surface area (TPSA) is 53.2 Å². The summed E-state index contributed by atoms with van der Waals surface area (Å²) in [4.78, 5) is 23.7. The van der Waals surface area contributed by atoms with E-state index in [1.165, 1.54) is 7.05 Å². The molecule has 0 radical (unpaired) electrons. The average Bonchev–Trinajstić information content (AvgIpc) is 2.85. The van der Waals surface area contributed by atoms with Crippen LogP contribution in [0.1, 0.15) is 11.5 Å². The predicted octanol–water partition coefficient (Wildman–Crippen LogP) is 0.862. The summed E-state index contributed by atoms with van der Waals surface area (Å²) in [7, 11) is 1.42. The third-order valence-corrected chi connectivity index (χ3v) is 3.49. The summed E-state index contributed by atoms with van der Waals surface area (Å²) < 4.78 is 21.0. The van der Waals surface area contributed by atoms with E-state index in [9.17, 15) is 14.0 Å². The first-order valence-corrected chi connectivity index (χ1v) is 6.25. The van der Waals surface area contributed by atoms with Crippen LogP contribution < -0.4 is 16.0 Å². The number of para-hydroxylation sites is 1. The summed E-state index contributed by atoms with van der Waals surface area (Å²) in [6.07, 6.45) is 0.903. The van der Waals surface area contributed by atoms with Gasteiger partial charge in [0.05, 0.1) is 6.61 Å². The van der Waals surface area contributed by atoms with Gasteiger partial charge in [-0.1, -0.05) is 18.2 Å². The lowest BCUT2D eigenvalue weighted by Gasteiger charge is -2.11. The molecule has 104 valence electrons. The van der Waals surface area contributed by atoms with Gasteiger partial charge in [-0.2, -0.15) is 4.39 Å². The van der Waals surface area contributed by atoms with Gasteiger partial charge in [-0.05, 0) is 6.07 Å². The highest BCUT2D eigenvalue weighted by Gasteiger charge is 2.25. The Kier molecular flexibility index (Phi) is 2.93. The summed E-state index contributed by atoms with van der Waals surface area (Å²) in [6, 6.07) is 7.45. The third kappa shape index (κ3) is 1.93. The average molecular weight is 276 g/mol. The highest BCUT2D eigenvalue weighted by atomic mass is 19.1. The van der Waals surface area contributed by atoms with Gasteiger partial charge in [0.15, 0.2) is 0 Å². The molecule has 0 aliphatic carbocycles. The second kappa shape index (κ2) is 4.63. The minimum absolute atomic E-state index is 0.111. The van der Waals surface area contributed by atoms with Crippen molar-refractivity contribution in [3.63, 3.8) is 0 Å². The molecular weight excluding hydrogens is 263 g/mol. The fourth-order valence-electron chi connectivity index (χ4n) is 2.45. The van der Waals surface area contributed by atoms with Crippen molar-refractivity contribution in [1.82, 2.24) is 9.13 Å². The van der Waals surface area contributed by atoms with Gasteiger partial charge in [0.25, 0.3) is 5.56 Å². The molecule has 2 aromatic rings. The number of aryl methyl sites for hydroxylation is 1. The zero-order valence-corrected chi connectivity index (χ0v) is 10.9. The van der Waals surface area contributed by atoms with E-state index in [4.69, 9.17) is 4.74 Å². The number of halogens is 1. The van der Waals surface area contributed by atoms with Crippen LogP contribution in [0, 0.1) is 5.82 Å². The molecule has 0 fully saturated rings. The van der Waals surface area contributed by atoms with Crippen molar-refractivity contribution in [2.75, 3.05) is 6.61 Å². The molecule has 0 spiro atoms. The van der Waals surface area contributed by atoms with Crippen molar-refractivity contribution in [2.24, 2.45) is 7.05 Å². The zero-order chi connectivity index (χ0) is 14.3. The maximum absolute atomic E-state index is 13.5. The van der Waals surface area contributed by atoms with Gasteiger partial charge >= 0.3 is 5.69 Å². The smallest absolute Gasteiger partial charge is 0.330 e. The normalized spacial score (nSPS) is 16.8. The summed E-state index contributed by atoms with van der Waals surface area (Å²) in [6.45, 7) is 0.492. The highest BCUT2D eigenvalue weighted by Crippen LogP contribution is 2.33. The summed E-state index contributed by atoms with van der Waals surface area (Å²) in [5.41, 5.74) is -0.482. The summed E-state index contributed by atoms with van der Waals surface area (Å²) in [5, 5.41) is 0. The fraction of sp³-hybridized carbons (Fsp3) is 0.286. The Morgan fingerprint density at radius 2 is 2.10 bits per heavy atom. The largest absolute Gasteiger partial charge is 0.493 e. The number of ether oxygens (including phenoxy) is 1. The predicted molar refractivity (Wildman–Crippen MR) is 70.6 cm³/mol. The van der Waals surface area contributed by atoms with E-state index < -0.39 is 17.1 Å². The maximum Gasteiger partial charge on any atom is 0.330 e. The molecule has 1 aliphatic heterocycles. The number of fused-ring (bicyclic) bond motifs is 1. The van der Waals surface area contributed by atoms with E-state index in [1.54, 1.807) is 0 Å². The lowest BCUT2D eigenvalue weighted by Crippen LogP contribution is -2.41. The molecule has 1 aromatic carbocycles. The van der Waals surface area contributed by atoms with Crippen LogP contribution >= 0.6 is 0 Å². The number of aromatic nitrogens is 2. The molecule has 0 N–H and O–H groups in total. The van der Waals surface area contributed by atoms with Crippen molar-refractivity contribution in [3.8, 4) is 5.75 Å². The maximum atomic E-state index is 13.5. The number of nitrogens with zero attached hydrogens (tertiary/aromatic N) is 2. The van der Waals surface area contributed by atoms with E-state index in [1.807, 2.05) is 24.3 Å². The second-order valence-electron chi connectivity index (χ2n) is 4.83. The molecule has 1 atom stereocenters.